The van der Waals surface area contributed by atoms with E-state index in [-0.39, 0.29) is 22.0 Å². The molecule has 1 amide bonds. The third kappa shape index (κ3) is 5.47. The maximum absolute atomic E-state index is 12.5. The zero-order chi connectivity index (χ0) is 21.6. The summed E-state index contributed by atoms with van der Waals surface area (Å²) in [6, 6.07) is 8.70. The topological polar surface area (TPSA) is 114 Å². The number of rotatable bonds is 7. The first-order valence-corrected chi connectivity index (χ1v) is 9.35. The number of nitrogens with zero attached hydrogens (tertiary/aromatic N) is 2. The standard InChI is InChI=1S/C19H15BrClN3O5/c1-3-29-18-14(20)7-11(8-17(18)28-2)6-12(10-22)19(25)23-16-9-13(24(26)27)4-5-15(16)21/h4-9H,3H2,1-2H3,(H,23,25)/b12-6+. The Labute approximate surface area is 180 Å². The van der Waals surface area contributed by atoms with Gasteiger partial charge in [-0.3, -0.25) is 14.9 Å². The number of carbonyl (C=O) groups is 1. The van der Waals surface area contributed by atoms with Gasteiger partial charge in [-0.2, -0.15) is 5.26 Å². The molecule has 29 heavy (non-hydrogen) atoms. The van der Waals surface area contributed by atoms with E-state index in [1.165, 1.54) is 25.3 Å². The fourth-order valence-corrected chi connectivity index (χ4v) is 3.07. The van der Waals surface area contributed by atoms with Crippen molar-refractivity contribution in [3.8, 4) is 17.6 Å². The van der Waals surface area contributed by atoms with Gasteiger partial charge in [-0.25, -0.2) is 0 Å². The van der Waals surface area contributed by atoms with E-state index in [2.05, 4.69) is 21.2 Å². The molecule has 1 N–H and O–H groups in total. The minimum Gasteiger partial charge on any atom is -0.493 e. The minimum absolute atomic E-state index is 0.0254. The Morgan fingerprint density at radius 2 is 2.14 bits per heavy atom. The van der Waals surface area contributed by atoms with Gasteiger partial charge in [-0.1, -0.05) is 11.6 Å². The van der Waals surface area contributed by atoms with Crippen molar-refractivity contribution in [1.29, 1.82) is 5.26 Å². The normalized spacial score (nSPS) is 10.8. The number of benzene rings is 2. The Morgan fingerprint density at radius 3 is 2.72 bits per heavy atom. The molecular formula is C19H15BrClN3O5. The Morgan fingerprint density at radius 1 is 1.41 bits per heavy atom. The van der Waals surface area contributed by atoms with Crippen molar-refractivity contribution in [2.45, 2.75) is 6.92 Å². The van der Waals surface area contributed by atoms with Gasteiger partial charge in [0.2, 0.25) is 0 Å². The first-order chi connectivity index (χ1) is 13.8. The SMILES string of the molecule is CCOc1c(Br)cc(/C=C(\C#N)C(=O)Nc2cc([N+](=O)[O-])ccc2Cl)cc1OC. The molecule has 0 aromatic heterocycles. The lowest BCUT2D eigenvalue weighted by atomic mass is 10.1. The Balaban J connectivity index is 2.36. The van der Waals surface area contributed by atoms with Crippen molar-refractivity contribution >= 4 is 50.9 Å². The molecule has 0 saturated heterocycles. The molecule has 150 valence electrons. The van der Waals surface area contributed by atoms with Crippen LogP contribution < -0.4 is 14.8 Å². The van der Waals surface area contributed by atoms with Crippen LogP contribution in [0, 0.1) is 21.4 Å². The van der Waals surface area contributed by atoms with Crippen LogP contribution in [0.25, 0.3) is 6.08 Å². The molecule has 8 nitrogen and oxygen atoms in total. The number of anilines is 1. The molecule has 0 bridgehead atoms. The van der Waals surface area contributed by atoms with Crippen molar-refractivity contribution in [3.05, 3.63) is 61.1 Å². The molecule has 0 atom stereocenters. The quantitative estimate of drug-likeness (QED) is 0.259. The van der Waals surface area contributed by atoms with Crippen LogP contribution in [0.5, 0.6) is 11.5 Å². The molecule has 2 rings (SSSR count). The zero-order valence-electron chi connectivity index (χ0n) is 15.4. The van der Waals surface area contributed by atoms with E-state index in [0.29, 0.717) is 28.1 Å². The molecule has 0 aliphatic rings. The Hall–Kier alpha value is -3.09. The van der Waals surface area contributed by atoms with Crippen LogP contribution in [-0.4, -0.2) is 24.5 Å². The van der Waals surface area contributed by atoms with Gasteiger partial charge in [0.25, 0.3) is 11.6 Å². The molecule has 10 heteroatoms. The fraction of sp³-hybridized carbons (Fsp3) is 0.158. The molecule has 2 aromatic rings. The maximum atomic E-state index is 12.5. The van der Waals surface area contributed by atoms with Gasteiger partial charge in [0.1, 0.15) is 11.6 Å². The highest BCUT2D eigenvalue weighted by atomic mass is 79.9. The van der Waals surface area contributed by atoms with E-state index in [1.807, 2.05) is 13.0 Å². The van der Waals surface area contributed by atoms with E-state index in [0.717, 1.165) is 6.07 Å². The molecule has 0 unspecified atom stereocenters. The highest BCUT2D eigenvalue weighted by molar-refractivity contribution is 9.10. The number of nitro benzene ring substituents is 1. The van der Waals surface area contributed by atoms with Gasteiger partial charge in [0.15, 0.2) is 11.5 Å². The first kappa shape index (κ1) is 22.2. The van der Waals surface area contributed by atoms with E-state index in [4.69, 9.17) is 21.1 Å². The largest absolute Gasteiger partial charge is 0.493 e. The van der Waals surface area contributed by atoms with Crippen LogP contribution in [0.4, 0.5) is 11.4 Å². The van der Waals surface area contributed by atoms with E-state index < -0.39 is 10.8 Å². The number of ether oxygens (including phenoxy) is 2. The number of nitrogens with one attached hydrogen (secondary N) is 1. The first-order valence-electron chi connectivity index (χ1n) is 8.18. The average molecular weight is 481 g/mol. The molecule has 0 radical (unpaired) electrons. The predicted molar refractivity (Wildman–Crippen MR) is 112 cm³/mol. The summed E-state index contributed by atoms with van der Waals surface area (Å²) in [7, 11) is 1.47. The fourth-order valence-electron chi connectivity index (χ4n) is 2.34. The smallest absolute Gasteiger partial charge is 0.271 e. The molecule has 0 aliphatic carbocycles. The number of nitriles is 1. The van der Waals surface area contributed by atoms with Gasteiger partial charge >= 0.3 is 0 Å². The predicted octanol–water partition coefficient (Wildman–Crippen LogP) is 4.96. The molecule has 0 spiro atoms. The lowest BCUT2D eigenvalue weighted by Crippen LogP contribution is -2.14. The van der Waals surface area contributed by atoms with Crippen molar-refractivity contribution < 1.29 is 19.2 Å². The summed E-state index contributed by atoms with van der Waals surface area (Å²) in [5.41, 5.74) is 0.0598. The van der Waals surface area contributed by atoms with Crippen LogP contribution in [0.1, 0.15) is 12.5 Å². The molecule has 0 heterocycles. The van der Waals surface area contributed by atoms with Crippen LogP contribution in [-0.2, 0) is 4.79 Å². The summed E-state index contributed by atoms with van der Waals surface area (Å²) < 4.78 is 11.4. The number of hydrogen-bond acceptors (Lipinski definition) is 6. The summed E-state index contributed by atoms with van der Waals surface area (Å²) in [6.45, 7) is 2.26. The number of amides is 1. The summed E-state index contributed by atoms with van der Waals surface area (Å²) in [4.78, 5) is 22.8. The minimum atomic E-state index is -0.765. The second-order valence-corrected chi connectivity index (χ2v) is 6.77. The second-order valence-electron chi connectivity index (χ2n) is 5.51. The maximum Gasteiger partial charge on any atom is 0.271 e. The molecule has 2 aromatic carbocycles. The summed E-state index contributed by atoms with van der Waals surface area (Å²) >= 11 is 9.36. The molecular weight excluding hydrogens is 466 g/mol. The second kappa shape index (κ2) is 9.91. The lowest BCUT2D eigenvalue weighted by molar-refractivity contribution is -0.384. The number of carbonyl (C=O) groups excluding carboxylic acids is 1. The molecule has 0 aliphatic heterocycles. The number of methoxy groups -OCH3 is 1. The van der Waals surface area contributed by atoms with Crippen molar-refractivity contribution in [1.82, 2.24) is 0 Å². The van der Waals surface area contributed by atoms with Gasteiger partial charge in [0, 0.05) is 12.1 Å². The van der Waals surface area contributed by atoms with Gasteiger partial charge in [-0.15, -0.1) is 0 Å². The summed E-state index contributed by atoms with van der Waals surface area (Å²) in [5, 5.41) is 22.8. The van der Waals surface area contributed by atoms with Gasteiger partial charge < -0.3 is 14.8 Å². The van der Waals surface area contributed by atoms with E-state index >= 15 is 0 Å². The van der Waals surface area contributed by atoms with Gasteiger partial charge in [0.05, 0.1) is 33.8 Å². The molecule has 0 fully saturated rings. The molecule has 0 saturated carbocycles. The monoisotopic (exact) mass is 479 g/mol. The van der Waals surface area contributed by atoms with Crippen molar-refractivity contribution in [2.75, 3.05) is 19.0 Å². The van der Waals surface area contributed by atoms with Crippen molar-refractivity contribution in [2.24, 2.45) is 0 Å². The number of halogens is 2. The van der Waals surface area contributed by atoms with Crippen molar-refractivity contribution in [3.63, 3.8) is 0 Å². The van der Waals surface area contributed by atoms with Gasteiger partial charge in [-0.05, 0) is 52.7 Å². The summed E-state index contributed by atoms with van der Waals surface area (Å²) in [6.07, 6.45) is 1.35. The average Bonchev–Trinajstić information content (AvgIpc) is 2.69. The highest BCUT2D eigenvalue weighted by Crippen LogP contribution is 2.37. The zero-order valence-corrected chi connectivity index (χ0v) is 17.7. The number of nitro groups is 1. The van der Waals surface area contributed by atoms with Crippen LogP contribution in [0.2, 0.25) is 5.02 Å². The third-order valence-corrected chi connectivity index (χ3v) is 4.54. The van der Waals surface area contributed by atoms with E-state index in [1.54, 1.807) is 12.1 Å². The number of non-ortho nitro benzene ring substituents is 1. The van der Waals surface area contributed by atoms with Crippen LogP contribution >= 0.6 is 27.5 Å². The van der Waals surface area contributed by atoms with E-state index in [9.17, 15) is 20.2 Å². The van der Waals surface area contributed by atoms with Crippen LogP contribution in [0.3, 0.4) is 0 Å². The van der Waals surface area contributed by atoms with Crippen LogP contribution in [0.15, 0.2) is 40.4 Å². The highest BCUT2D eigenvalue weighted by Gasteiger charge is 2.16. The summed E-state index contributed by atoms with van der Waals surface area (Å²) in [5.74, 6) is 0.157. The lowest BCUT2D eigenvalue weighted by Gasteiger charge is -2.12. The number of hydrogen-bond donors (Lipinski definition) is 1. The Bertz CT molecular complexity index is 1030. The Kier molecular flexibility index (Phi) is 7.59. The third-order valence-electron chi connectivity index (χ3n) is 3.63.